The molecule has 5 nitrogen and oxygen atoms in total. The standard InChI is InChI=1S/C17H17NO4S/c1-12-7-9-14(23(18,20)21)11-15(12)16(19)10-8-13-5-3-4-6-17(13)22-2/h3-11H,1-2H3,(H2,18,20,21)/b10-8-. The van der Waals surface area contributed by atoms with Crippen LogP contribution in [0.4, 0.5) is 0 Å². The number of sulfonamides is 1. The van der Waals surface area contributed by atoms with Crippen molar-refractivity contribution in [1.82, 2.24) is 0 Å². The fourth-order valence-corrected chi connectivity index (χ4v) is 2.64. The summed E-state index contributed by atoms with van der Waals surface area (Å²) in [5.41, 5.74) is 1.72. The van der Waals surface area contributed by atoms with Gasteiger partial charge in [0.05, 0.1) is 12.0 Å². The largest absolute Gasteiger partial charge is 0.496 e. The summed E-state index contributed by atoms with van der Waals surface area (Å²) >= 11 is 0. The Morgan fingerprint density at radius 3 is 2.52 bits per heavy atom. The number of aryl methyl sites for hydroxylation is 1. The molecule has 0 saturated heterocycles. The van der Waals surface area contributed by atoms with Crippen molar-refractivity contribution < 1.29 is 17.9 Å². The van der Waals surface area contributed by atoms with E-state index in [1.165, 1.54) is 18.2 Å². The topological polar surface area (TPSA) is 86.5 Å². The summed E-state index contributed by atoms with van der Waals surface area (Å²) in [5, 5.41) is 5.11. The minimum absolute atomic E-state index is 0.0860. The molecule has 0 radical (unpaired) electrons. The maximum absolute atomic E-state index is 12.4. The van der Waals surface area contributed by atoms with Gasteiger partial charge in [0.2, 0.25) is 10.0 Å². The average molecular weight is 331 g/mol. The van der Waals surface area contributed by atoms with Gasteiger partial charge in [0.1, 0.15) is 5.75 Å². The normalized spacial score (nSPS) is 11.6. The molecule has 2 aromatic rings. The number of hydrogen-bond acceptors (Lipinski definition) is 4. The fourth-order valence-electron chi connectivity index (χ4n) is 2.10. The number of methoxy groups -OCH3 is 1. The Bertz CT molecular complexity index is 870. The van der Waals surface area contributed by atoms with Gasteiger partial charge in [-0.1, -0.05) is 24.3 Å². The summed E-state index contributed by atoms with van der Waals surface area (Å²) in [6.07, 6.45) is 3.01. The maximum Gasteiger partial charge on any atom is 0.238 e. The molecule has 6 heteroatoms. The van der Waals surface area contributed by atoms with Gasteiger partial charge in [-0.25, -0.2) is 13.6 Å². The molecule has 0 atom stereocenters. The molecule has 0 spiro atoms. The van der Waals surface area contributed by atoms with Crippen molar-refractivity contribution in [2.24, 2.45) is 5.14 Å². The summed E-state index contributed by atoms with van der Waals surface area (Å²) in [7, 11) is -2.30. The van der Waals surface area contributed by atoms with Gasteiger partial charge in [0.25, 0.3) is 0 Å². The minimum atomic E-state index is -3.85. The zero-order chi connectivity index (χ0) is 17.0. The SMILES string of the molecule is COc1ccccc1/C=C\C(=O)c1cc(S(N)(=O)=O)ccc1C. The van der Waals surface area contributed by atoms with Gasteiger partial charge in [-0.2, -0.15) is 0 Å². The van der Waals surface area contributed by atoms with Gasteiger partial charge in [-0.05, 0) is 42.8 Å². The Kier molecular flexibility index (Phi) is 4.98. The van der Waals surface area contributed by atoms with Crippen LogP contribution in [0.5, 0.6) is 5.75 Å². The van der Waals surface area contributed by atoms with Crippen LogP contribution >= 0.6 is 0 Å². The number of carbonyl (C=O) groups is 1. The van der Waals surface area contributed by atoms with E-state index in [1.807, 2.05) is 18.2 Å². The van der Waals surface area contributed by atoms with E-state index in [9.17, 15) is 13.2 Å². The van der Waals surface area contributed by atoms with Gasteiger partial charge < -0.3 is 4.74 Å². The lowest BCUT2D eigenvalue weighted by atomic mass is 10.0. The zero-order valence-corrected chi connectivity index (χ0v) is 13.6. The summed E-state index contributed by atoms with van der Waals surface area (Å²) in [6, 6.07) is 11.5. The van der Waals surface area contributed by atoms with E-state index in [-0.39, 0.29) is 10.7 Å². The van der Waals surface area contributed by atoms with E-state index in [0.717, 1.165) is 5.56 Å². The van der Waals surface area contributed by atoms with Gasteiger partial charge in [-0.3, -0.25) is 4.79 Å². The smallest absolute Gasteiger partial charge is 0.238 e. The molecule has 2 aromatic carbocycles. The molecule has 2 rings (SSSR count). The molecule has 0 aliphatic rings. The van der Waals surface area contributed by atoms with E-state index in [2.05, 4.69) is 0 Å². The van der Waals surface area contributed by atoms with Gasteiger partial charge in [-0.15, -0.1) is 0 Å². The molecule has 0 aliphatic heterocycles. The molecule has 0 heterocycles. The number of benzene rings is 2. The third-order valence-electron chi connectivity index (χ3n) is 3.36. The van der Waals surface area contributed by atoms with Crippen LogP contribution in [-0.4, -0.2) is 21.3 Å². The first-order valence-electron chi connectivity index (χ1n) is 6.82. The van der Waals surface area contributed by atoms with Crippen molar-refractivity contribution in [2.45, 2.75) is 11.8 Å². The number of para-hydroxylation sites is 1. The highest BCUT2D eigenvalue weighted by Crippen LogP contribution is 2.20. The Labute approximate surface area is 135 Å². The lowest BCUT2D eigenvalue weighted by Crippen LogP contribution is -2.13. The Morgan fingerprint density at radius 2 is 1.87 bits per heavy atom. The predicted octanol–water partition coefficient (Wildman–Crippen LogP) is 2.55. The lowest BCUT2D eigenvalue weighted by Gasteiger charge is -2.06. The van der Waals surface area contributed by atoms with Crippen LogP contribution in [0, 0.1) is 6.92 Å². The molecule has 0 aliphatic carbocycles. The minimum Gasteiger partial charge on any atom is -0.496 e. The summed E-state index contributed by atoms with van der Waals surface area (Å²) in [6.45, 7) is 1.73. The second-order valence-corrected chi connectivity index (χ2v) is 6.52. The third-order valence-corrected chi connectivity index (χ3v) is 4.27. The van der Waals surface area contributed by atoms with E-state index >= 15 is 0 Å². The summed E-state index contributed by atoms with van der Waals surface area (Å²) < 4.78 is 28.0. The van der Waals surface area contributed by atoms with Crippen molar-refractivity contribution in [2.75, 3.05) is 7.11 Å². The van der Waals surface area contributed by atoms with Crippen molar-refractivity contribution >= 4 is 21.9 Å². The Balaban J connectivity index is 2.36. The molecule has 0 saturated carbocycles. The number of ketones is 1. The van der Waals surface area contributed by atoms with E-state index in [4.69, 9.17) is 9.88 Å². The number of primary sulfonamides is 1. The molecule has 0 fully saturated rings. The first-order valence-corrected chi connectivity index (χ1v) is 8.36. The fraction of sp³-hybridized carbons (Fsp3) is 0.118. The average Bonchev–Trinajstić information content (AvgIpc) is 2.52. The summed E-state index contributed by atoms with van der Waals surface area (Å²) in [5.74, 6) is 0.338. The predicted molar refractivity (Wildman–Crippen MR) is 88.9 cm³/mol. The second kappa shape index (κ2) is 6.76. The first kappa shape index (κ1) is 16.9. The van der Waals surface area contributed by atoms with Crippen molar-refractivity contribution in [3.8, 4) is 5.75 Å². The van der Waals surface area contributed by atoms with Crippen LogP contribution in [0.1, 0.15) is 21.5 Å². The number of carbonyl (C=O) groups excluding carboxylic acids is 1. The van der Waals surface area contributed by atoms with E-state index in [1.54, 1.807) is 32.2 Å². The third kappa shape index (κ3) is 4.06. The highest BCUT2D eigenvalue weighted by molar-refractivity contribution is 7.89. The van der Waals surface area contributed by atoms with Crippen LogP contribution in [0.3, 0.4) is 0 Å². The maximum atomic E-state index is 12.4. The number of nitrogens with two attached hydrogens (primary N) is 1. The van der Waals surface area contributed by atoms with Crippen LogP contribution in [-0.2, 0) is 10.0 Å². The Morgan fingerprint density at radius 1 is 1.17 bits per heavy atom. The second-order valence-electron chi connectivity index (χ2n) is 4.96. The van der Waals surface area contributed by atoms with Crippen LogP contribution < -0.4 is 9.88 Å². The van der Waals surface area contributed by atoms with Gasteiger partial charge in [0, 0.05) is 11.1 Å². The molecule has 0 aromatic heterocycles. The number of allylic oxidation sites excluding steroid dienone is 1. The van der Waals surface area contributed by atoms with Crippen molar-refractivity contribution in [1.29, 1.82) is 0 Å². The molecule has 120 valence electrons. The molecule has 2 N–H and O–H groups in total. The quantitative estimate of drug-likeness (QED) is 0.674. The van der Waals surface area contributed by atoms with Gasteiger partial charge >= 0.3 is 0 Å². The van der Waals surface area contributed by atoms with Crippen molar-refractivity contribution in [3.05, 3.63) is 65.2 Å². The van der Waals surface area contributed by atoms with Crippen LogP contribution in [0.2, 0.25) is 0 Å². The molecule has 23 heavy (non-hydrogen) atoms. The molecule has 0 unspecified atom stereocenters. The highest BCUT2D eigenvalue weighted by Gasteiger charge is 2.13. The lowest BCUT2D eigenvalue weighted by molar-refractivity contribution is 0.104. The van der Waals surface area contributed by atoms with E-state index < -0.39 is 10.0 Å². The van der Waals surface area contributed by atoms with Crippen LogP contribution in [0.15, 0.2) is 53.4 Å². The number of hydrogen-bond donors (Lipinski definition) is 1. The molecule has 0 amide bonds. The number of ether oxygens (including phenoxy) is 1. The zero-order valence-electron chi connectivity index (χ0n) is 12.8. The van der Waals surface area contributed by atoms with Crippen molar-refractivity contribution in [3.63, 3.8) is 0 Å². The van der Waals surface area contributed by atoms with Crippen LogP contribution in [0.25, 0.3) is 6.08 Å². The Hall–Kier alpha value is -2.44. The monoisotopic (exact) mass is 331 g/mol. The molecule has 0 bridgehead atoms. The van der Waals surface area contributed by atoms with E-state index in [0.29, 0.717) is 16.9 Å². The molecular formula is C17H17NO4S. The first-order chi connectivity index (χ1) is 10.8. The number of rotatable bonds is 5. The molecular weight excluding hydrogens is 314 g/mol. The van der Waals surface area contributed by atoms with Gasteiger partial charge in [0.15, 0.2) is 5.78 Å². The highest BCUT2D eigenvalue weighted by atomic mass is 32.2. The summed E-state index contributed by atoms with van der Waals surface area (Å²) in [4.78, 5) is 12.3.